The van der Waals surface area contributed by atoms with Gasteiger partial charge < -0.3 is 4.98 Å². The molecule has 0 radical (unpaired) electrons. The normalized spacial score (nSPS) is 9.85. The highest BCUT2D eigenvalue weighted by Gasteiger charge is 1.86. The predicted octanol–water partition coefficient (Wildman–Crippen LogP) is 5.10. The molecule has 0 amide bonds. The second-order valence-electron chi connectivity index (χ2n) is 2.26. The smallest absolute Gasteiger partial charge is 0.179 e. The molecule has 1 N–H and O–H groups in total. The molecule has 1 aromatic heterocycles. The van der Waals surface area contributed by atoms with Gasteiger partial charge in [0, 0.05) is 11.7 Å². The largest absolute Gasteiger partial charge is 0.361 e. The van der Waals surface area contributed by atoms with Crippen LogP contribution >= 0.6 is 39.7 Å². The van der Waals surface area contributed by atoms with E-state index in [1.165, 1.54) is 10.9 Å². The molecule has 0 fully saturated rings. The number of hydrogen-bond acceptors (Lipinski definition) is 0. The summed E-state index contributed by atoms with van der Waals surface area (Å²) >= 11 is 14.6. The quantitative estimate of drug-likeness (QED) is 0.630. The molecular formula is C8H7Cl3NP. The lowest BCUT2D eigenvalue weighted by Gasteiger charge is -1.83. The number of para-hydroxylation sites is 1. The van der Waals surface area contributed by atoms with Gasteiger partial charge in [-0.25, -0.2) is 0 Å². The molecule has 0 unspecified atom stereocenters. The van der Waals surface area contributed by atoms with Gasteiger partial charge in [0.25, 0.3) is 0 Å². The third-order valence-electron chi connectivity index (χ3n) is 1.46. The fourth-order valence-corrected chi connectivity index (χ4v) is 0.995. The Bertz CT molecular complexity index is 328. The van der Waals surface area contributed by atoms with Crippen molar-refractivity contribution in [1.29, 1.82) is 0 Å². The molecule has 0 aliphatic carbocycles. The van der Waals surface area contributed by atoms with Crippen LogP contribution in [-0.2, 0) is 0 Å². The Kier molecular flexibility index (Phi) is 4.90. The van der Waals surface area contributed by atoms with Crippen LogP contribution in [0.25, 0.3) is 10.9 Å². The average molecular weight is 254 g/mol. The number of fused-ring (bicyclic) bond motifs is 1. The molecule has 70 valence electrons. The monoisotopic (exact) mass is 253 g/mol. The Hall–Kier alpha value is 0.0600. The standard InChI is InChI=1S/C8H7N.Cl3P/c1-2-4-8-7(3-1)5-6-9-8;1-4(2)3/h1-6,9H;. The number of halogens is 3. The average Bonchev–Trinajstić information content (AvgIpc) is 2.49. The lowest BCUT2D eigenvalue weighted by molar-refractivity contribution is 1.48. The Balaban J connectivity index is 0.000000184. The van der Waals surface area contributed by atoms with Crippen molar-refractivity contribution in [3.05, 3.63) is 36.5 Å². The molecule has 0 bridgehead atoms. The van der Waals surface area contributed by atoms with E-state index in [1.807, 2.05) is 18.3 Å². The summed E-state index contributed by atoms with van der Waals surface area (Å²) in [5, 5.41) is 1.28. The van der Waals surface area contributed by atoms with Crippen molar-refractivity contribution in [2.75, 3.05) is 0 Å². The van der Waals surface area contributed by atoms with Crippen LogP contribution < -0.4 is 0 Å². The molecule has 1 aromatic carbocycles. The van der Waals surface area contributed by atoms with Crippen LogP contribution in [0.1, 0.15) is 0 Å². The molecule has 0 aliphatic rings. The van der Waals surface area contributed by atoms with Crippen molar-refractivity contribution in [3.63, 3.8) is 0 Å². The number of benzene rings is 1. The van der Waals surface area contributed by atoms with E-state index in [4.69, 9.17) is 33.7 Å². The maximum atomic E-state index is 4.87. The number of hydrogen-bond donors (Lipinski definition) is 1. The minimum absolute atomic E-state index is 1.20. The third kappa shape index (κ3) is 4.19. The van der Waals surface area contributed by atoms with Crippen molar-refractivity contribution < 1.29 is 0 Å². The van der Waals surface area contributed by atoms with E-state index in [0.717, 1.165) is 0 Å². The first kappa shape index (κ1) is 11.1. The van der Waals surface area contributed by atoms with Gasteiger partial charge in [-0.3, -0.25) is 0 Å². The number of nitrogens with one attached hydrogen (secondary N) is 1. The molecule has 0 spiro atoms. The lowest BCUT2D eigenvalue weighted by atomic mass is 10.3. The van der Waals surface area contributed by atoms with Crippen molar-refractivity contribution in [3.8, 4) is 0 Å². The van der Waals surface area contributed by atoms with Crippen molar-refractivity contribution in [2.45, 2.75) is 0 Å². The highest BCUT2D eigenvalue weighted by Crippen LogP contribution is 2.51. The van der Waals surface area contributed by atoms with Crippen LogP contribution in [0.15, 0.2) is 36.5 Å². The van der Waals surface area contributed by atoms with Crippen LogP contribution in [-0.4, -0.2) is 4.98 Å². The van der Waals surface area contributed by atoms with Crippen molar-refractivity contribution in [1.82, 2.24) is 4.98 Å². The minimum atomic E-state index is -1.20. The summed E-state index contributed by atoms with van der Waals surface area (Å²) in [6, 6.07) is 10.3. The van der Waals surface area contributed by atoms with Gasteiger partial charge in [0.2, 0.25) is 0 Å². The van der Waals surface area contributed by atoms with E-state index < -0.39 is 5.98 Å². The van der Waals surface area contributed by atoms with Crippen molar-refractivity contribution in [2.24, 2.45) is 0 Å². The first-order valence-electron chi connectivity index (χ1n) is 3.50. The number of H-pyrrole nitrogens is 1. The third-order valence-corrected chi connectivity index (χ3v) is 1.46. The van der Waals surface area contributed by atoms with Crippen LogP contribution in [0.3, 0.4) is 0 Å². The Morgan fingerprint density at radius 1 is 1.00 bits per heavy atom. The maximum Gasteiger partial charge on any atom is 0.179 e. The van der Waals surface area contributed by atoms with E-state index in [-0.39, 0.29) is 0 Å². The van der Waals surface area contributed by atoms with E-state index in [9.17, 15) is 0 Å². The molecule has 0 aliphatic heterocycles. The SMILES string of the molecule is ClP(Cl)Cl.c1ccc2[nH]ccc2c1. The van der Waals surface area contributed by atoms with Gasteiger partial charge >= 0.3 is 0 Å². The molecule has 5 heteroatoms. The first-order valence-corrected chi connectivity index (χ1v) is 7.55. The van der Waals surface area contributed by atoms with Gasteiger partial charge in [-0.05, 0) is 17.5 Å². The topological polar surface area (TPSA) is 15.8 Å². The molecule has 1 heterocycles. The van der Waals surface area contributed by atoms with E-state index in [2.05, 4.69) is 23.2 Å². The first-order chi connectivity index (χ1) is 6.20. The molecule has 0 saturated heterocycles. The Morgan fingerprint density at radius 3 is 2.23 bits per heavy atom. The van der Waals surface area contributed by atoms with Crippen LogP contribution in [0.2, 0.25) is 0 Å². The summed E-state index contributed by atoms with van der Waals surface area (Å²) in [5.41, 5.74) is 1.21. The summed E-state index contributed by atoms with van der Waals surface area (Å²) in [7, 11) is 0. The van der Waals surface area contributed by atoms with Crippen LogP contribution in [0, 0.1) is 0 Å². The summed E-state index contributed by atoms with van der Waals surface area (Å²) in [4.78, 5) is 3.12. The van der Waals surface area contributed by atoms with E-state index in [1.54, 1.807) is 0 Å². The highest BCUT2D eigenvalue weighted by atomic mass is 36.0. The second kappa shape index (κ2) is 5.72. The summed E-state index contributed by atoms with van der Waals surface area (Å²) in [5.74, 6) is -1.20. The van der Waals surface area contributed by atoms with E-state index >= 15 is 0 Å². The molecule has 1 nitrogen and oxygen atoms in total. The van der Waals surface area contributed by atoms with Gasteiger partial charge in [-0.2, -0.15) is 0 Å². The molecule has 0 saturated carbocycles. The number of aromatic amines is 1. The molecule has 2 aromatic rings. The summed E-state index contributed by atoms with van der Waals surface area (Å²) in [6.07, 6.45) is 1.95. The van der Waals surface area contributed by atoms with Gasteiger partial charge in [-0.15, -0.1) is 0 Å². The zero-order chi connectivity index (χ0) is 9.68. The van der Waals surface area contributed by atoms with Crippen LogP contribution in [0.4, 0.5) is 0 Å². The number of rotatable bonds is 0. The van der Waals surface area contributed by atoms with Gasteiger partial charge in [-0.1, -0.05) is 51.9 Å². The van der Waals surface area contributed by atoms with Gasteiger partial charge in [0.1, 0.15) is 0 Å². The maximum absolute atomic E-state index is 4.87. The Labute approximate surface area is 92.1 Å². The zero-order valence-corrected chi connectivity index (χ0v) is 9.71. The van der Waals surface area contributed by atoms with Crippen LogP contribution in [0.5, 0.6) is 0 Å². The molecular weight excluding hydrogens is 247 g/mol. The predicted molar refractivity (Wildman–Crippen MR) is 62.8 cm³/mol. The number of aromatic nitrogens is 1. The fourth-order valence-electron chi connectivity index (χ4n) is 0.995. The lowest BCUT2D eigenvalue weighted by Crippen LogP contribution is -1.61. The van der Waals surface area contributed by atoms with Gasteiger partial charge in [0.05, 0.1) is 0 Å². The molecule has 2 rings (SSSR count). The zero-order valence-electron chi connectivity index (χ0n) is 6.55. The molecule has 13 heavy (non-hydrogen) atoms. The van der Waals surface area contributed by atoms with Gasteiger partial charge in [0.15, 0.2) is 5.98 Å². The fraction of sp³-hybridized carbons (Fsp3) is 0. The van der Waals surface area contributed by atoms with E-state index in [0.29, 0.717) is 0 Å². The highest BCUT2D eigenvalue weighted by molar-refractivity contribution is 8.20. The molecule has 0 atom stereocenters. The van der Waals surface area contributed by atoms with Crippen molar-refractivity contribution >= 4 is 50.6 Å². The minimum Gasteiger partial charge on any atom is -0.361 e. The Morgan fingerprint density at radius 2 is 1.62 bits per heavy atom. The summed E-state index contributed by atoms with van der Waals surface area (Å²) in [6.45, 7) is 0. The second-order valence-corrected chi connectivity index (χ2v) is 7.24. The summed E-state index contributed by atoms with van der Waals surface area (Å²) < 4.78 is 0.